The summed E-state index contributed by atoms with van der Waals surface area (Å²) in [4.78, 5) is 1.34. The van der Waals surface area contributed by atoms with E-state index >= 15 is 0 Å². The Bertz CT molecular complexity index is 721. The summed E-state index contributed by atoms with van der Waals surface area (Å²) in [6, 6.07) is 8.20. The predicted molar refractivity (Wildman–Crippen MR) is 87.8 cm³/mol. The van der Waals surface area contributed by atoms with Gasteiger partial charge in [-0.25, -0.2) is 0 Å². The molecule has 22 heavy (non-hydrogen) atoms. The molecule has 1 saturated heterocycles. The largest absolute Gasteiger partial charge is 0.387 e. The van der Waals surface area contributed by atoms with Crippen LogP contribution < -0.4 is 4.90 Å². The third-order valence-corrected chi connectivity index (χ3v) is 4.72. The number of aliphatic hydroxyl groups is 1. The molecule has 0 spiro atoms. The van der Waals surface area contributed by atoms with Crippen LogP contribution in [-0.2, 0) is 6.67 Å². The number of aryl methyl sites for hydroxylation is 2. The van der Waals surface area contributed by atoms with Crippen LogP contribution in [0.5, 0.6) is 0 Å². The summed E-state index contributed by atoms with van der Waals surface area (Å²) >= 11 is 5.64. The number of quaternary nitrogens is 1. The summed E-state index contributed by atoms with van der Waals surface area (Å²) in [6.07, 6.45) is 1.77. The minimum absolute atomic E-state index is 0.197. The SMILES string of the molecule is Cc1ccccc1-n1c(C)nn(C[NH+]2CCC[C@H](O)C2)c1=S. The van der Waals surface area contributed by atoms with Gasteiger partial charge in [0.1, 0.15) is 18.5 Å². The molecule has 1 fully saturated rings. The summed E-state index contributed by atoms with van der Waals surface area (Å²) in [6.45, 7) is 6.63. The zero-order valence-corrected chi connectivity index (χ0v) is 13.9. The smallest absolute Gasteiger partial charge is 0.207 e. The maximum atomic E-state index is 9.82. The number of aliphatic hydroxyl groups excluding tert-OH is 1. The van der Waals surface area contributed by atoms with E-state index in [1.165, 1.54) is 10.5 Å². The van der Waals surface area contributed by atoms with Gasteiger partial charge in [0.25, 0.3) is 0 Å². The van der Waals surface area contributed by atoms with Gasteiger partial charge in [-0.15, -0.1) is 0 Å². The Labute approximate surface area is 135 Å². The first-order chi connectivity index (χ1) is 10.6. The number of nitrogens with one attached hydrogen (secondary N) is 1. The Morgan fingerprint density at radius 3 is 2.86 bits per heavy atom. The molecule has 2 N–H and O–H groups in total. The zero-order valence-electron chi connectivity index (χ0n) is 13.1. The number of aromatic nitrogens is 3. The Balaban J connectivity index is 1.91. The fourth-order valence-corrected chi connectivity index (χ4v) is 3.53. The Hall–Kier alpha value is -1.50. The van der Waals surface area contributed by atoms with E-state index in [9.17, 15) is 5.11 Å². The van der Waals surface area contributed by atoms with Gasteiger partial charge in [-0.05, 0) is 50.5 Å². The van der Waals surface area contributed by atoms with Crippen LogP contribution in [0.2, 0.25) is 0 Å². The van der Waals surface area contributed by atoms with E-state index in [-0.39, 0.29) is 6.10 Å². The maximum Gasteiger partial charge on any atom is 0.207 e. The van der Waals surface area contributed by atoms with Gasteiger partial charge in [-0.2, -0.15) is 9.78 Å². The van der Waals surface area contributed by atoms with Crippen LogP contribution in [0.3, 0.4) is 0 Å². The first-order valence-corrected chi connectivity index (χ1v) is 8.21. The molecule has 1 aliphatic heterocycles. The van der Waals surface area contributed by atoms with Crippen molar-refractivity contribution in [2.24, 2.45) is 0 Å². The highest BCUT2D eigenvalue weighted by Crippen LogP contribution is 2.16. The number of likely N-dealkylation sites (tertiary alicyclic amines) is 1. The summed E-state index contributed by atoms with van der Waals surface area (Å²) in [5, 5.41) is 14.4. The average molecular weight is 319 g/mol. The highest BCUT2D eigenvalue weighted by atomic mass is 32.1. The zero-order chi connectivity index (χ0) is 15.7. The normalized spacial score (nSPS) is 22.0. The van der Waals surface area contributed by atoms with E-state index in [4.69, 9.17) is 12.2 Å². The molecule has 2 atom stereocenters. The number of hydrogen-bond donors (Lipinski definition) is 2. The van der Waals surface area contributed by atoms with Crippen molar-refractivity contribution < 1.29 is 10.0 Å². The molecule has 2 aromatic rings. The molecule has 5 nitrogen and oxygen atoms in total. The van der Waals surface area contributed by atoms with E-state index < -0.39 is 0 Å². The van der Waals surface area contributed by atoms with Crippen LogP contribution in [0, 0.1) is 18.6 Å². The molecular weight excluding hydrogens is 296 g/mol. The monoisotopic (exact) mass is 319 g/mol. The molecule has 118 valence electrons. The number of nitrogens with zero attached hydrogens (tertiary/aromatic N) is 3. The minimum Gasteiger partial charge on any atom is -0.387 e. The molecule has 3 rings (SSSR count). The van der Waals surface area contributed by atoms with E-state index in [2.05, 4.69) is 24.2 Å². The second kappa shape index (κ2) is 6.32. The van der Waals surface area contributed by atoms with E-state index in [1.807, 2.05) is 28.3 Å². The molecule has 6 heteroatoms. The van der Waals surface area contributed by atoms with Gasteiger partial charge in [0.2, 0.25) is 4.77 Å². The maximum absolute atomic E-state index is 9.82. The van der Waals surface area contributed by atoms with Crippen LogP contribution in [-0.4, -0.2) is 38.6 Å². The average Bonchev–Trinajstić information content (AvgIpc) is 2.74. The van der Waals surface area contributed by atoms with Crippen molar-refractivity contribution in [3.8, 4) is 5.69 Å². The van der Waals surface area contributed by atoms with Gasteiger partial charge >= 0.3 is 0 Å². The Morgan fingerprint density at radius 1 is 1.36 bits per heavy atom. The van der Waals surface area contributed by atoms with Gasteiger partial charge in [-0.1, -0.05) is 18.2 Å². The molecule has 0 amide bonds. The van der Waals surface area contributed by atoms with Crippen LogP contribution in [0.15, 0.2) is 24.3 Å². The lowest BCUT2D eigenvalue weighted by atomic mass is 10.1. The molecule has 1 unspecified atom stereocenters. The second-order valence-corrected chi connectivity index (χ2v) is 6.47. The van der Waals surface area contributed by atoms with Gasteiger partial charge in [0.15, 0.2) is 6.67 Å². The number of benzene rings is 1. The standard InChI is InChI=1S/C16H22N4OS/c1-12-6-3-4-8-15(12)20-13(2)17-19(16(20)22)11-18-9-5-7-14(21)10-18/h3-4,6,8,14,21H,5,7,9-11H2,1-2H3/p+1/t14-/m0/s1. The van der Waals surface area contributed by atoms with Crippen molar-refractivity contribution in [2.75, 3.05) is 13.1 Å². The molecule has 0 aliphatic carbocycles. The van der Waals surface area contributed by atoms with Crippen molar-refractivity contribution in [1.29, 1.82) is 0 Å². The predicted octanol–water partition coefficient (Wildman–Crippen LogP) is 1.02. The summed E-state index contributed by atoms with van der Waals surface area (Å²) in [7, 11) is 0. The fraction of sp³-hybridized carbons (Fsp3) is 0.500. The number of hydrogen-bond acceptors (Lipinski definition) is 3. The summed E-state index contributed by atoms with van der Waals surface area (Å²) in [5.74, 6) is 0.899. The van der Waals surface area contributed by atoms with E-state index in [0.717, 1.165) is 48.9 Å². The second-order valence-electron chi connectivity index (χ2n) is 6.11. The van der Waals surface area contributed by atoms with Crippen molar-refractivity contribution in [2.45, 2.75) is 39.5 Å². The summed E-state index contributed by atoms with van der Waals surface area (Å²) in [5.41, 5.74) is 2.27. The lowest BCUT2D eigenvalue weighted by Crippen LogP contribution is -3.13. The Morgan fingerprint density at radius 2 is 2.14 bits per heavy atom. The highest BCUT2D eigenvalue weighted by molar-refractivity contribution is 7.71. The topological polar surface area (TPSA) is 47.4 Å². The van der Waals surface area contributed by atoms with Crippen LogP contribution in [0.1, 0.15) is 24.2 Å². The molecule has 1 aromatic carbocycles. The Kier molecular flexibility index (Phi) is 4.42. The summed E-state index contributed by atoms with van der Waals surface area (Å²) < 4.78 is 4.65. The quantitative estimate of drug-likeness (QED) is 0.831. The third-order valence-electron chi connectivity index (χ3n) is 4.32. The first-order valence-electron chi connectivity index (χ1n) is 7.80. The highest BCUT2D eigenvalue weighted by Gasteiger charge is 2.22. The van der Waals surface area contributed by atoms with Crippen molar-refractivity contribution in [3.63, 3.8) is 0 Å². The fourth-order valence-electron chi connectivity index (χ4n) is 3.19. The van der Waals surface area contributed by atoms with Gasteiger partial charge in [0, 0.05) is 0 Å². The van der Waals surface area contributed by atoms with Crippen molar-refractivity contribution >= 4 is 12.2 Å². The molecule has 1 aromatic heterocycles. The van der Waals surface area contributed by atoms with Gasteiger partial charge < -0.3 is 10.0 Å². The van der Waals surface area contributed by atoms with Gasteiger partial charge in [0.05, 0.1) is 12.2 Å². The van der Waals surface area contributed by atoms with Crippen LogP contribution in [0.4, 0.5) is 0 Å². The van der Waals surface area contributed by atoms with E-state index in [0.29, 0.717) is 0 Å². The minimum atomic E-state index is -0.197. The first kappa shape index (κ1) is 15.4. The lowest BCUT2D eigenvalue weighted by molar-refractivity contribution is -0.931. The van der Waals surface area contributed by atoms with E-state index in [1.54, 1.807) is 0 Å². The third kappa shape index (κ3) is 2.99. The molecule has 1 aliphatic rings. The molecular formula is C16H23N4OS+. The van der Waals surface area contributed by atoms with Crippen LogP contribution >= 0.6 is 12.2 Å². The van der Waals surface area contributed by atoms with Crippen molar-refractivity contribution in [1.82, 2.24) is 14.3 Å². The van der Waals surface area contributed by atoms with Crippen molar-refractivity contribution in [3.05, 3.63) is 40.4 Å². The van der Waals surface area contributed by atoms with Crippen LogP contribution in [0.25, 0.3) is 5.69 Å². The molecule has 0 radical (unpaired) electrons. The number of para-hydroxylation sites is 1. The molecule has 0 saturated carbocycles. The molecule has 0 bridgehead atoms. The van der Waals surface area contributed by atoms with Gasteiger partial charge in [-0.3, -0.25) is 4.57 Å². The lowest BCUT2D eigenvalue weighted by Gasteiger charge is -2.26. The number of rotatable bonds is 3. The number of piperidine rings is 1. The molecule has 2 heterocycles.